The maximum atomic E-state index is 5.14. The fourth-order valence-electron chi connectivity index (χ4n) is 0.855. The summed E-state index contributed by atoms with van der Waals surface area (Å²) >= 11 is 4.07. The van der Waals surface area contributed by atoms with Gasteiger partial charge in [-0.25, -0.2) is 0 Å². The van der Waals surface area contributed by atoms with E-state index in [0.29, 0.717) is 5.92 Å². The first-order chi connectivity index (χ1) is 5.15. The fourth-order valence-corrected chi connectivity index (χ4v) is 3.14. The van der Waals surface area contributed by atoms with E-state index in [2.05, 4.69) is 42.5 Å². The molecule has 1 aromatic heterocycles. The normalized spacial score (nSPS) is 10.6. The SMILES string of the molecule is COc1cc(C(C)C)c(I)s1. The van der Waals surface area contributed by atoms with Crippen LogP contribution in [-0.4, -0.2) is 7.11 Å². The second kappa shape index (κ2) is 3.76. The van der Waals surface area contributed by atoms with E-state index in [9.17, 15) is 0 Å². The molecule has 0 bridgehead atoms. The van der Waals surface area contributed by atoms with Crippen molar-refractivity contribution in [1.82, 2.24) is 0 Å². The fraction of sp³-hybridized carbons (Fsp3) is 0.500. The van der Waals surface area contributed by atoms with Crippen LogP contribution < -0.4 is 4.74 Å². The second-order valence-electron chi connectivity index (χ2n) is 2.65. The molecule has 3 heteroatoms. The lowest BCUT2D eigenvalue weighted by atomic mass is 10.1. The number of hydrogen-bond donors (Lipinski definition) is 0. The molecule has 0 radical (unpaired) electrons. The first-order valence-corrected chi connectivity index (χ1v) is 5.38. The molecule has 0 aliphatic heterocycles. The highest BCUT2D eigenvalue weighted by molar-refractivity contribution is 14.1. The van der Waals surface area contributed by atoms with Crippen LogP contribution in [0.1, 0.15) is 25.3 Å². The Hall–Kier alpha value is 0.230. The van der Waals surface area contributed by atoms with Gasteiger partial charge in [-0.1, -0.05) is 25.2 Å². The van der Waals surface area contributed by atoms with Gasteiger partial charge in [-0.05, 0) is 40.1 Å². The summed E-state index contributed by atoms with van der Waals surface area (Å²) in [5, 5.41) is 1.01. The summed E-state index contributed by atoms with van der Waals surface area (Å²) in [5.41, 5.74) is 1.40. The first-order valence-electron chi connectivity index (χ1n) is 3.48. The molecule has 0 N–H and O–H groups in total. The van der Waals surface area contributed by atoms with Crippen LogP contribution in [0.15, 0.2) is 6.07 Å². The zero-order chi connectivity index (χ0) is 8.43. The third kappa shape index (κ3) is 2.08. The maximum Gasteiger partial charge on any atom is 0.174 e. The Morgan fingerprint density at radius 2 is 2.18 bits per heavy atom. The van der Waals surface area contributed by atoms with Crippen molar-refractivity contribution in [2.45, 2.75) is 19.8 Å². The molecular formula is C8H11IOS. The minimum atomic E-state index is 0.599. The van der Waals surface area contributed by atoms with Gasteiger partial charge in [0.1, 0.15) is 0 Å². The molecule has 0 aliphatic carbocycles. The first kappa shape index (κ1) is 9.32. The highest BCUT2D eigenvalue weighted by atomic mass is 127. The highest BCUT2D eigenvalue weighted by Gasteiger charge is 2.09. The summed E-state index contributed by atoms with van der Waals surface area (Å²) < 4.78 is 6.48. The maximum absolute atomic E-state index is 5.14. The molecule has 1 nitrogen and oxygen atoms in total. The molecule has 0 amide bonds. The largest absolute Gasteiger partial charge is 0.487 e. The van der Waals surface area contributed by atoms with Crippen LogP contribution in [0.3, 0.4) is 0 Å². The minimum absolute atomic E-state index is 0.599. The predicted molar refractivity (Wildman–Crippen MR) is 57.7 cm³/mol. The molecule has 1 heterocycles. The molecule has 0 aromatic carbocycles. The van der Waals surface area contributed by atoms with Gasteiger partial charge in [0, 0.05) is 0 Å². The van der Waals surface area contributed by atoms with E-state index in [1.165, 1.54) is 8.45 Å². The smallest absolute Gasteiger partial charge is 0.174 e. The molecule has 1 rings (SSSR count). The van der Waals surface area contributed by atoms with Crippen molar-refractivity contribution in [2.24, 2.45) is 0 Å². The van der Waals surface area contributed by atoms with E-state index in [1.54, 1.807) is 18.4 Å². The van der Waals surface area contributed by atoms with E-state index in [-0.39, 0.29) is 0 Å². The van der Waals surface area contributed by atoms with E-state index in [0.717, 1.165) is 5.06 Å². The highest BCUT2D eigenvalue weighted by Crippen LogP contribution is 2.34. The van der Waals surface area contributed by atoms with Crippen LogP contribution in [0, 0.1) is 2.88 Å². The Bertz CT molecular complexity index is 242. The second-order valence-corrected chi connectivity index (χ2v) is 5.48. The number of hydrogen-bond acceptors (Lipinski definition) is 2. The molecule has 1 aromatic rings. The molecule has 0 aliphatic rings. The van der Waals surface area contributed by atoms with E-state index >= 15 is 0 Å². The molecule has 11 heavy (non-hydrogen) atoms. The summed E-state index contributed by atoms with van der Waals surface area (Å²) in [6.07, 6.45) is 0. The molecule has 0 spiro atoms. The number of thiophene rings is 1. The zero-order valence-electron chi connectivity index (χ0n) is 6.85. The monoisotopic (exact) mass is 282 g/mol. The van der Waals surface area contributed by atoms with Crippen molar-refractivity contribution in [3.63, 3.8) is 0 Å². The summed E-state index contributed by atoms with van der Waals surface area (Å²) in [6, 6.07) is 2.12. The van der Waals surface area contributed by atoms with Crippen molar-refractivity contribution >= 4 is 33.9 Å². The molecule has 0 atom stereocenters. The molecular weight excluding hydrogens is 271 g/mol. The van der Waals surface area contributed by atoms with Gasteiger partial charge in [-0.3, -0.25) is 0 Å². The van der Waals surface area contributed by atoms with Gasteiger partial charge < -0.3 is 4.74 Å². The quantitative estimate of drug-likeness (QED) is 0.754. The third-order valence-electron chi connectivity index (χ3n) is 1.51. The Balaban J connectivity index is 2.97. The Morgan fingerprint density at radius 1 is 1.55 bits per heavy atom. The van der Waals surface area contributed by atoms with Crippen molar-refractivity contribution in [3.05, 3.63) is 14.5 Å². The average Bonchev–Trinajstić information content (AvgIpc) is 2.30. The van der Waals surface area contributed by atoms with Crippen LogP contribution in [0.4, 0.5) is 0 Å². The van der Waals surface area contributed by atoms with Crippen LogP contribution in [0.2, 0.25) is 0 Å². The third-order valence-corrected chi connectivity index (χ3v) is 3.70. The number of halogens is 1. The zero-order valence-corrected chi connectivity index (χ0v) is 9.82. The minimum Gasteiger partial charge on any atom is -0.487 e. The summed E-state index contributed by atoms with van der Waals surface area (Å²) in [6.45, 7) is 4.40. The van der Waals surface area contributed by atoms with Crippen LogP contribution in [-0.2, 0) is 0 Å². The number of methoxy groups -OCH3 is 1. The van der Waals surface area contributed by atoms with Crippen LogP contribution in [0.25, 0.3) is 0 Å². The topological polar surface area (TPSA) is 9.23 Å². The molecule has 62 valence electrons. The van der Waals surface area contributed by atoms with Gasteiger partial charge in [0.2, 0.25) is 0 Å². The summed E-state index contributed by atoms with van der Waals surface area (Å²) in [4.78, 5) is 0. The van der Waals surface area contributed by atoms with E-state index in [1.807, 2.05) is 0 Å². The van der Waals surface area contributed by atoms with Crippen molar-refractivity contribution < 1.29 is 4.74 Å². The lowest BCUT2D eigenvalue weighted by Crippen LogP contribution is -1.84. The summed E-state index contributed by atoms with van der Waals surface area (Å²) in [5.74, 6) is 0.599. The lowest BCUT2D eigenvalue weighted by molar-refractivity contribution is 0.426. The summed E-state index contributed by atoms with van der Waals surface area (Å²) in [7, 11) is 1.71. The standard InChI is InChI=1S/C8H11IOS/c1-5(2)6-4-7(10-3)11-8(6)9/h4-5H,1-3H3. The predicted octanol–water partition coefficient (Wildman–Crippen LogP) is 3.48. The van der Waals surface area contributed by atoms with Gasteiger partial charge in [0.15, 0.2) is 5.06 Å². The Morgan fingerprint density at radius 3 is 2.45 bits per heavy atom. The van der Waals surface area contributed by atoms with Gasteiger partial charge in [-0.15, -0.1) is 0 Å². The van der Waals surface area contributed by atoms with Gasteiger partial charge in [-0.2, -0.15) is 0 Å². The van der Waals surface area contributed by atoms with Crippen LogP contribution >= 0.6 is 33.9 Å². The van der Waals surface area contributed by atoms with Crippen molar-refractivity contribution in [1.29, 1.82) is 0 Å². The Labute approximate surface area is 84.9 Å². The molecule has 0 fully saturated rings. The van der Waals surface area contributed by atoms with Gasteiger partial charge in [0.25, 0.3) is 0 Å². The number of rotatable bonds is 2. The van der Waals surface area contributed by atoms with Gasteiger partial charge >= 0.3 is 0 Å². The van der Waals surface area contributed by atoms with E-state index < -0.39 is 0 Å². The molecule has 0 saturated carbocycles. The average molecular weight is 282 g/mol. The Kier molecular flexibility index (Phi) is 3.18. The lowest BCUT2D eigenvalue weighted by Gasteiger charge is -1.99. The molecule has 0 unspecified atom stereocenters. The van der Waals surface area contributed by atoms with Crippen molar-refractivity contribution in [3.8, 4) is 5.06 Å². The van der Waals surface area contributed by atoms with E-state index in [4.69, 9.17) is 4.74 Å². The van der Waals surface area contributed by atoms with Crippen molar-refractivity contribution in [2.75, 3.05) is 7.11 Å². The number of ether oxygens (including phenoxy) is 1. The van der Waals surface area contributed by atoms with Gasteiger partial charge in [0.05, 0.1) is 9.99 Å². The van der Waals surface area contributed by atoms with Crippen LogP contribution in [0.5, 0.6) is 5.06 Å². The molecule has 0 saturated heterocycles.